The van der Waals surface area contributed by atoms with Gasteiger partial charge in [0.15, 0.2) is 0 Å². The molecule has 0 amide bonds. The molecule has 0 radical (unpaired) electrons. The van der Waals surface area contributed by atoms with Crippen molar-refractivity contribution < 1.29 is 9.13 Å². The summed E-state index contributed by atoms with van der Waals surface area (Å²) >= 11 is 0. The summed E-state index contributed by atoms with van der Waals surface area (Å²) in [5.41, 5.74) is 0.974. The van der Waals surface area contributed by atoms with Crippen LogP contribution in [-0.2, 0) is 11.3 Å². The lowest BCUT2D eigenvalue weighted by Crippen LogP contribution is -2.16. The van der Waals surface area contributed by atoms with Crippen LogP contribution in [0.25, 0.3) is 0 Å². The molecule has 1 N–H and O–H groups in total. The number of ether oxygens (including phenoxy) is 1. The van der Waals surface area contributed by atoms with Gasteiger partial charge in [-0.2, -0.15) is 0 Å². The molecule has 0 heterocycles. The predicted octanol–water partition coefficient (Wildman–Crippen LogP) is 1.95. The highest BCUT2D eigenvalue weighted by Crippen LogP contribution is 2.02. The molecule has 0 fully saturated rings. The topological polar surface area (TPSA) is 21.3 Å². The van der Waals surface area contributed by atoms with Crippen molar-refractivity contribution in [1.29, 1.82) is 0 Å². The standard InChI is InChI=1S/C11H16FNO/c1-14-7-3-6-13-9-10-4-2-5-11(12)8-10/h2,4-5,8,13H,3,6-7,9H2,1H3. The summed E-state index contributed by atoms with van der Waals surface area (Å²) in [6.45, 7) is 2.36. The first-order chi connectivity index (χ1) is 6.83. The first kappa shape index (κ1) is 11.1. The largest absolute Gasteiger partial charge is 0.385 e. The molecule has 2 nitrogen and oxygen atoms in total. The molecule has 0 aliphatic heterocycles. The van der Waals surface area contributed by atoms with Crippen molar-refractivity contribution in [3.63, 3.8) is 0 Å². The molecule has 0 unspecified atom stereocenters. The lowest BCUT2D eigenvalue weighted by atomic mass is 10.2. The number of hydrogen-bond acceptors (Lipinski definition) is 2. The van der Waals surface area contributed by atoms with E-state index in [-0.39, 0.29) is 5.82 Å². The number of methoxy groups -OCH3 is 1. The summed E-state index contributed by atoms with van der Waals surface area (Å²) in [5, 5.41) is 3.22. The second-order valence-electron chi connectivity index (χ2n) is 3.15. The Hall–Kier alpha value is -0.930. The van der Waals surface area contributed by atoms with Gasteiger partial charge in [-0.1, -0.05) is 12.1 Å². The third-order valence-corrected chi connectivity index (χ3v) is 1.92. The smallest absolute Gasteiger partial charge is 0.123 e. The van der Waals surface area contributed by atoms with E-state index in [9.17, 15) is 4.39 Å². The Bertz CT molecular complexity index is 265. The summed E-state index contributed by atoms with van der Waals surface area (Å²) < 4.78 is 17.7. The SMILES string of the molecule is COCCCNCc1cccc(F)c1. The number of hydrogen-bond donors (Lipinski definition) is 1. The van der Waals surface area contributed by atoms with E-state index in [0.29, 0.717) is 6.54 Å². The molecule has 14 heavy (non-hydrogen) atoms. The molecular weight excluding hydrogens is 181 g/mol. The highest BCUT2D eigenvalue weighted by atomic mass is 19.1. The van der Waals surface area contributed by atoms with Crippen molar-refractivity contribution in [1.82, 2.24) is 5.32 Å². The van der Waals surface area contributed by atoms with Crippen LogP contribution in [-0.4, -0.2) is 20.3 Å². The third kappa shape index (κ3) is 4.35. The third-order valence-electron chi connectivity index (χ3n) is 1.92. The zero-order valence-electron chi connectivity index (χ0n) is 8.42. The molecule has 0 atom stereocenters. The fraction of sp³-hybridized carbons (Fsp3) is 0.455. The molecular formula is C11H16FNO. The summed E-state index contributed by atoms with van der Waals surface area (Å²) in [4.78, 5) is 0. The molecule has 1 rings (SSSR count). The lowest BCUT2D eigenvalue weighted by molar-refractivity contribution is 0.194. The van der Waals surface area contributed by atoms with Gasteiger partial charge in [0.25, 0.3) is 0 Å². The molecule has 0 bridgehead atoms. The van der Waals surface area contributed by atoms with Crippen molar-refractivity contribution in [2.75, 3.05) is 20.3 Å². The zero-order chi connectivity index (χ0) is 10.2. The maximum atomic E-state index is 12.7. The molecule has 1 aromatic carbocycles. The molecule has 0 spiro atoms. The van der Waals surface area contributed by atoms with E-state index in [4.69, 9.17) is 4.74 Å². The van der Waals surface area contributed by atoms with E-state index < -0.39 is 0 Å². The quantitative estimate of drug-likeness (QED) is 0.704. The highest BCUT2D eigenvalue weighted by molar-refractivity contribution is 5.15. The van der Waals surface area contributed by atoms with Gasteiger partial charge < -0.3 is 10.1 Å². The molecule has 3 heteroatoms. The van der Waals surface area contributed by atoms with Gasteiger partial charge in [-0.3, -0.25) is 0 Å². The van der Waals surface area contributed by atoms with Crippen molar-refractivity contribution in [3.8, 4) is 0 Å². The molecule has 0 saturated carbocycles. The first-order valence-corrected chi connectivity index (χ1v) is 4.77. The van der Waals surface area contributed by atoms with E-state index in [1.807, 2.05) is 6.07 Å². The minimum Gasteiger partial charge on any atom is -0.385 e. The van der Waals surface area contributed by atoms with Crippen LogP contribution in [0.4, 0.5) is 4.39 Å². The monoisotopic (exact) mass is 197 g/mol. The fourth-order valence-corrected chi connectivity index (χ4v) is 1.22. The van der Waals surface area contributed by atoms with Crippen molar-refractivity contribution in [3.05, 3.63) is 35.6 Å². The second-order valence-corrected chi connectivity index (χ2v) is 3.15. The maximum Gasteiger partial charge on any atom is 0.123 e. The van der Waals surface area contributed by atoms with Crippen LogP contribution in [0.3, 0.4) is 0 Å². The average Bonchev–Trinajstić information content (AvgIpc) is 2.18. The van der Waals surface area contributed by atoms with Crippen LogP contribution in [0.2, 0.25) is 0 Å². The van der Waals surface area contributed by atoms with Gasteiger partial charge in [-0.15, -0.1) is 0 Å². The Morgan fingerprint density at radius 1 is 1.43 bits per heavy atom. The van der Waals surface area contributed by atoms with Crippen LogP contribution in [0.1, 0.15) is 12.0 Å². The molecule has 0 saturated heterocycles. The molecule has 0 aliphatic carbocycles. The predicted molar refractivity (Wildman–Crippen MR) is 54.6 cm³/mol. The van der Waals surface area contributed by atoms with E-state index in [1.54, 1.807) is 19.2 Å². The molecule has 0 aliphatic rings. The molecule has 1 aromatic rings. The van der Waals surface area contributed by atoms with Crippen molar-refractivity contribution in [2.24, 2.45) is 0 Å². The normalized spacial score (nSPS) is 10.4. The van der Waals surface area contributed by atoms with Crippen LogP contribution < -0.4 is 5.32 Å². The zero-order valence-corrected chi connectivity index (χ0v) is 8.42. The second kappa shape index (κ2) is 6.51. The van der Waals surface area contributed by atoms with E-state index in [0.717, 1.165) is 25.1 Å². The van der Waals surface area contributed by atoms with E-state index in [2.05, 4.69) is 5.32 Å². The van der Waals surface area contributed by atoms with Crippen LogP contribution >= 0.6 is 0 Å². The Kier molecular flexibility index (Phi) is 5.19. The summed E-state index contributed by atoms with van der Waals surface area (Å²) in [6.07, 6.45) is 0.978. The number of halogens is 1. The van der Waals surface area contributed by atoms with Gasteiger partial charge in [0.05, 0.1) is 0 Å². The first-order valence-electron chi connectivity index (χ1n) is 4.77. The maximum absolute atomic E-state index is 12.7. The Balaban J connectivity index is 2.18. The minimum atomic E-state index is -0.179. The Morgan fingerprint density at radius 3 is 3.00 bits per heavy atom. The van der Waals surface area contributed by atoms with Gasteiger partial charge in [-0.05, 0) is 30.7 Å². The van der Waals surface area contributed by atoms with Gasteiger partial charge in [0, 0.05) is 20.3 Å². The summed E-state index contributed by atoms with van der Waals surface area (Å²) in [5.74, 6) is -0.179. The van der Waals surface area contributed by atoms with Crippen molar-refractivity contribution in [2.45, 2.75) is 13.0 Å². The Labute approximate surface area is 84.1 Å². The summed E-state index contributed by atoms with van der Waals surface area (Å²) in [7, 11) is 1.69. The van der Waals surface area contributed by atoms with Gasteiger partial charge >= 0.3 is 0 Å². The molecule has 78 valence electrons. The van der Waals surface area contributed by atoms with Crippen LogP contribution in [0, 0.1) is 5.82 Å². The fourth-order valence-electron chi connectivity index (χ4n) is 1.22. The van der Waals surface area contributed by atoms with E-state index in [1.165, 1.54) is 6.07 Å². The van der Waals surface area contributed by atoms with Crippen LogP contribution in [0.5, 0.6) is 0 Å². The minimum absolute atomic E-state index is 0.179. The highest BCUT2D eigenvalue weighted by Gasteiger charge is 1.94. The average molecular weight is 197 g/mol. The Morgan fingerprint density at radius 2 is 2.29 bits per heavy atom. The number of rotatable bonds is 6. The number of benzene rings is 1. The van der Waals surface area contributed by atoms with Crippen molar-refractivity contribution >= 4 is 0 Å². The summed E-state index contributed by atoms with van der Waals surface area (Å²) in [6, 6.07) is 6.63. The van der Waals surface area contributed by atoms with Crippen LogP contribution in [0.15, 0.2) is 24.3 Å². The van der Waals surface area contributed by atoms with E-state index >= 15 is 0 Å². The van der Waals surface area contributed by atoms with Gasteiger partial charge in [0.1, 0.15) is 5.82 Å². The van der Waals surface area contributed by atoms with Gasteiger partial charge in [0.2, 0.25) is 0 Å². The number of nitrogens with one attached hydrogen (secondary N) is 1. The van der Waals surface area contributed by atoms with Gasteiger partial charge in [-0.25, -0.2) is 4.39 Å². The molecule has 0 aromatic heterocycles. The lowest BCUT2D eigenvalue weighted by Gasteiger charge is -2.04.